The second-order valence-electron chi connectivity index (χ2n) is 7.10. The van der Waals surface area contributed by atoms with Crippen LogP contribution in [0.2, 0.25) is 0 Å². The highest BCUT2D eigenvalue weighted by atomic mass is 19.1. The minimum absolute atomic E-state index is 0.0185. The number of rotatable bonds is 6. The highest BCUT2D eigenvalue weighted by Gasteiger charge is 2.22. The molecular weight excluding hydrogens is 399 g/mol. The van der Waals surface area contributed by atoms with Crippen molar-refractivity contribution < 1.29 is 18.7 Å². The first-order valence-corrected chi connectivity index (χ1v) is 10.00. The van der Waals surface area contributed by atoms with Gasteiger partial charge in [-0.2, -0.15) is 0 Å². The minimum atomic E-state index is -0.283. The molecule has 1 saturated heterocycles. The van der Waals surface area contributed by atoms with Gasteiger partial charge in [0.15, 0.2) is 6.61 Å². The van der Waals surface area contributed by atoms with Crippen LogP contribution in [0, 0.1) is 5.82 Å². The number of aromatic nitrogens is 2. The Hall–Kier alpha value is -3.68. The van der Waals surface area contributed by atoms with E-state index < -0.39 is 0 Å². The van der Waals surface area contributed by atoms with Crippen LogP contribution in [-0.4, -0.2) is 60.7 Å². The molecule has 1 amide bonds. The van der Waals surface area contributed by atoms with Crippen molar-refractivity contribution in [3.8, 4) is 22.8 Å². The summed E-state index contributed by atoms with van der Waals surface area (Å²) in [4.78, 5) is 25.1. The lowest BCUT2D eigenvalue weighted by molar-refractivity contribution is -0.133. The highest BCUT2D eigenvalue weighted by molar-refractivity contribution is 5.78. The summed E-state index contributed by atoms with van der Waals surface area (Å²) in [6.45, 7) is 2.46. The molecule has 1 aromatic heterocycles. The molecule has 7 nitrogen and oxygen atoms in total. The van der Waals surface area contributed by atoms with Crippen molar-refractivity contribution >= 4 is 11.7 Å². The number of methoxy groups -OCH3 is 1. The van der Waals surface area contributed by atoms with E-state index in [1.54, 1.807) is 36.3 Å². The van der Waals surface area contributed by atoms with Crippen LogP contribution in [0.4, 0.5) is 10.2 Å². The Kier molecular flexibility index (Phi) is 6.26. The number of amides is 1. The Morgan fingerprint density at radius 1 is 1.00 bits per heavy atom. The van der Waals surface area contributed by atoms with E-state index in [4.69, 9.17) is 9.47 Å². The SMILES string of the molecule is COc1cccc(OCC(=O)N2CCN(c3cc(-c4ccc(F)cc4)ncn3)CC2)c1. The number of carbonyl (C=O) groups excluding carboxylic acids is 1. The zero-order chi connectivity index (χ0) is 21.6. The smallest absolute Gasteiger partial charge is 0.260 e. The third kappa shape index (κ3) is 5.09. The topological polar surface area (TPSA) is 67.8 Å². The van der Waals surface area contributed by atoms with Gasteiger partial charge < -0.3 is 19.3 Å². The molecular formula is C23H23FN4O3. The largest absolute Gasteiger partial charge is 0.497 e. The maximum atomic E-state index is 13.2. The second-order valence-corrected chi connectivity index (χ2v) is 7.10. The molecule has 0 N–H and O–H groups in total. The number of hydrogen-bond donors (Lipinski definition) is 0. The summed E-state index contributed by atoms with van der Waals surface area (Å²) in [5.41, 5.74) is 1.56. The number of nitrogens with zero attached hydrogens (tertiary/aromatic N) is 4. The molecule has 31 heavy (non-hydrogen) atoms. The highest BCUT2D eigenvalue weighted by Crippen LogP contribution is 2.22. The quantitative estimate of drug-likeness (QED) is 0.608. The lowest BCUT2D eigenvalue weighted by atomic mass is 10.1. The van der Waals surface area contributed by atoms with Crippen molar-refractivity contribution in [2.75, 3.05) is 44.8 Å². The van der Waals surface area contributed by atoms with Crippen molar-refractivity contribution in [1.82, 2.24) is 14.9 Å². The van der Waals surface area contributed by atoms with E-state index in [-0.39, 0.29) is 18.3 Å². The zero-order valence-corrected chi connectivity index (χ0v) is 17.2. The van der Waals surface area contributed by atoms with Crippen molar-refractivity contribution in [2.24, 2.45) is 0 Å². The van der Waals surface area contributed by atoms with Crippen LogP contribution in [-0.2, 0) is 4.79 Å². The molecule has 0 atom stereocenters. The Balaban J connectivity index is 1.32. The van der Waals surface area contributed by atoms with E-state index in [1.807, 2.05) is 18.2 Å². The summed E-state index contributed by atoms with van der Waals surface area (Å²) in [7, 11) is 1.59. The lowest BCUT2D eigenvalue weighted by Gasteiger charge is -2.35. The van der Waals surface area contributed by atoms with Crippen LogP contribution in [0.3, 0.4) is 0 Å². The van der Waals surface area contributed by atoms with Gasteiger partial charge in [-0.15, -0.1) is 0 Å². The summed E-state index contributed by atoms with van der Waals surface area (Å²) in [5.74, 6) is 1.73. The average molecular weight is 422 g/mol. The van der Waals surface area contributed by atoms with E-state index in [2.05, 4.69) is 14.9 Å². The number of anilines is 1. The molecule has 4 rings (SSSR count). The Morgan fingerprint density at radius 3 is 2.48 bits per heavy atom. The molecule has 3 aromatic rings. The molecule has 160 valence electrons. The van der Waals surface area contributed by atoms with Crippen LogP contribution in [0.15, 0.2) is 60.9 Å². The van der Waals surface area contributed by atoms with Gasteiger partial charge in [-0.05, 0) is 36.4 Å². The van der Waals surface area contributed by atoms with Gasteiger partial charge in [0.05, 0.1) is 12.8 Å². The van der Waals surface area contributed by atoms with Gasteiger partial charge in [0.1, 0.15) is 29.5 Å². The van der Waals surface area contributed by atoms with Gasteiger partial charge >= 0.3 is 0 Å². The monoisotopic (exact) mass is 422 g/mol. The fraction of sp³-hybridized carbons (Fsp3) is 0.261. The van der Waals surface area contributed by atoms with Crippen molar-refractivity contribution in [3.05, 3.63) is 66.7 Å². The molecule has 0 saturated carbocycles. The summed E-state index contributed by atoms with van der Waals surface area (Å²) >= 11 is 0. The second kappa shape index (κ2) is 9.42. The summed E-state index contributed by atoms with van der Waals surface area (Å²) < 4.78 is 24.0. The van der Waals surface area contributed by atoms with Crippen LogP contribution in [0.25, 0.3) is 11.3 Å². The third-order valence-electron chi connectivity index (χ3n) is 5.15. The third-order valence-corrected chi connectivity index (χ3v) is 5.15. The van der Waals surface area contributed by atoms with Crippen molar-refractivity contribution in [1.29, 1.82) is 0 Å². The van der Waals surface area contributed by atoms with Crippen LogP contribution in [0.1, 0.15) is 0 Å². The fourth-order valence-electron chi connectivity index (χ4n) is 3.41. The van der Waals surface area contributed by atoms with Gasteiger partial charge in [-0.3, -0.25) is 4.79 Å². The number of halogens is 1. The lowest BCUT2D eigenvalue weighted by Crippen LogP contribution is -2.50. The molecule has 2 heterocycles. The molecule has 2 aromatic carbocycles. The molecule has 0 aliphatic carbocycles. The maximum Gasteiger partial charge on any atom is 0.260 e. The van der Waals surface area contributed by atoms with E-state index >= 15 is 0 Å². The molecule has 1 aliphatic rings. The number of carbonyl (C=O) groups is 1. The minimum Gasteiger partial charge on any atom is -0.497 e. The zero-order valence-electron chi connectivity index (χ0n) is 17.2. The molecule has 8 heteroatoms. The van der Waals surface area contributed by atoms with Crippen LogP contribution < -0.4 is 14.4 Å². The van der Waals surface area contributed by atoms with Crippen molar-refractivity contribution in [3.63, 3.8) is 0 Å². The van der Waals surface area contributed by atoms with Crippen LogP contribution in [0.5, 0.6) is 11.5 Å². The Labute approximate surface area is 180 Å². The molecule has 1 aliphatic heterocycles. The molecule has 0 spiro atoms. The Bertz CT molecular complexity index is 1040. The molecule has 0 unspecified atom stereocenters. The van der Waals surface area contributed by atoms with Gasteiger partial charge in [-0.1, -0.05) is 6.07 Å². The van der Waals surface area contributed by atoms with Gasteiger partial charge in [0.25, 0.3) is 5.91 Å². The normalized spacial score (nSPS) is 13.7. The summed E-state index contributed by atoms with van der Waals surface area (Å²) in [6.07, 6.45) is 1.51. The molecule has 0 radical (unpaired) electrons. The Morgan fingerprint density at radius 2 is 1.74 bits per heavy atom. The summed E-state index contributed by atoms with van der Waals surface area (Å²) in [6, 6.07) is 15.3. The maximum absolute atomic E-state index is 13.2. The first-order valence-electron chi connectivity index (χ1n) is 10.00. The van der Waals surface area contributed by atoms with Gasteiger partial charge in [0.2, 0.25) is 0 Å². The standard InChI is InChI=1S/C23H23FN4O3/c1-30-19-3-2-4-20(13-19)31-15-23(29)28-11-9-27(10-12-28)22-14-21(25-16-26-22)17-5-7-18(24)8-6-17/h2-8,13-14,16H,9-12,15H2,1H3. The van der Waals surface area contributed by atoms with E-state index in [0.29, 0.717) is 37.7 Å². The van der Waals surface area contributed by atoms with Crippen LogP contribution >= 0.6 is 0 Å². The number of benzene rings is 2. The van der Waals surface area contributed by atoms with E-state index in [0.717, 1.165) is 17.1 Å². The first kappa shape index (κ1) is 20.6. The van der Waals surface area contributed by atoms with E-state index in [1.165, 1.54) is 18.5 Å². The number of ether oxygens (including phenoxy) is 2. The summed E-state index contributed by atoms with van der Waals surface area (Å²) in [5, 5.41) is 0. The number of piperazine rings is 1. The first-order chi connectivity index (χ1) is 15.1. The average Bonchev–Trinajstić information content (AvgIpc) is 2.83. The predicted molar refractivity (Wildman–Crippen MR) is 115 cm³/mol. The fourth-order valence-corrected chi connectivity index (χ4v) is 3.41. The number of hydrogen-bond acceptors (Lipinski definition) is 6. The molecule has 0 bridgehead atoms. The van der Waals surface area contributed by atoms with Gasteiger partial charge in [-0.25, -0.2) is 14.4 Å². The predicted octanol–water partition coefficient (Wildman–Crippen LogP) is 3.02. The molecule has 1 fully saturated rings. The van der Waals surface area contributed by atoms with Gasteiger partial charge in [0, 0.05) is 43.9 Å². The van der Waals surface area contributed by atoms with E-state index in [9.17, 15) is 9.18 Å². The van der Waals surface area contributed by atoms with Crippen molar-refractivity contribution in [2.45, 2.75) is 0 Å².